The molecule has 2 N–H and O–H groups in total. The van der Waals surface area contributed by atoms with Crippen molar-refractivity contribution in [2.45, 2.75) is 56.0 Å². The van der Waals surface area contributed by atoms with Crippen molar-refractivity contribution in [3.63, 3.8) is 0 Å². The summed E-state index contributed by atoms with van der Waals surface area (Å²) in [6.07, 6.45) is 4.35. The second kappa shape index (κ2) is 9.52. The summed E-state index contributed by atoms with van der Waals surface area (Å²) in [6, 6.07) is 12.6. The highest BCUT2D eigenvalue weighted by molar-refractivity contribution is 7.89. The number of carbonyl (C=O) groups excluding carboxylic acids is 1. The number of aromatic nitrogens is 1. The molecule has 1 aliphatic rings. The van der Waals surface area contributed by atoms with E-state index in [1.165, 1.54) is 22.8 Å². The third-order valence-corrected chi connectivity index (χ3v) is 7.88. The smallest absolute Gasteiger partial charge is 0.408 e. The summed E-state index contributed by atoms with van der Waals surface area (Å²) < 4.78 is 35.4. The lowest BCUT2D eigenvalue weighted by Gasteiger charge is -2.31. The van der Waals surface area contributed by atoms with Crippen LogP contribution in [0.1, 0.15) is 38.2 Å². The quantitative estimate of drug-likeness (QED) is 0.551. The highest BCUT2D eigenvalue weighted by Crippen LogP contribution is 2.24. The predicted octanol–water partition coefficient (Wildman–Crippen LogP) is 2.72. The lowest BCUT2D eigenvalue weighted by Crippen LogP contribution is -2.52. The van der Waals surface area contributed by atoms with E-state index in [2.05, 4.69) is 17.0 Å². The Bertz CT molecular complexity index is 1300. The van der Waals surface area contributed by atoms with Crippen molar-refractivity contribution in [1.29, 1.82) is 0 Å². The Morgan fingerprint density at radius 2 is 1.88 bits per heavy atom. The number of sulfonamides is 1. The van der Waals surface area contributed by atoms with Gasteiger partial charge in [0, 0.05) is 19.2 Å². The molecule has 1 amide bonds. The zero-order valence-electron chi connectivity index (χ0n) is 18.8. The molecule has 0 spiro atoms. The van der Waals surface area contributed by atoms with E-state index in [0.29, 0.717) is 11.4 Å². The Kier molecular flexibility index (Phi) is 6.71. The van der Waals surface area contributed by atoms with Crippen LogP contribution in [0.25, 0.3) is 11.1 Å². The molecule has 1 aromatic heterocycles. The number of hydrogen-bond donors (Lipinski definition) is 2. The van der Waals surface area contributed by atoms with Crippen molar-refractivity contribution >= 4 is 27.0 Å². The highest BCUT2D eigenvalue weighted by Gasteiger charge is 2.30. The van der Waals surface area contributed by atoms with Crippen LogP contribution in [0.5, 0.6) is 0 Å². The lowest BCUT2D eigenvalue weighted by atomic mass is 9.86. The second-order valence-electron chi connectivity index (χ2n) is 8.80. The van der Waals surface area contributed by atoms with Gasteiger partial charge in [-0.05, 0) is 42.9 Å². The van der Waals surface area contributed by atoms with E-state index < -0.39 is 21.8 Å². The molecule has 3 atom stereocenters. The van der Waals surface area contributed by atoms with Gasteiger partial charge in [0.2, 0.25) is 15.9 Å². The molecule has 1 saturated carbocycles. The number of carbonyl (C=O) groups is 1. The number of nitrogens with zero attached hydrogens (tertiary/aromatic N) is 1. The zero-order valence-corrected chi connectivity index (χ0v) is 19.6. The maximum atomic E-state index is 13.2. The summed E-state index contributed by atoms with van der Waals surface area (Å²) in [7, 11) is -2.51. The second-order valence-corrected chi connectivity index (χ2v) is 10.5. The molecule has 1 fully saturated rings. The fourth-order valence-electron chi connectivity index (χ4n) is 4.39. The number of fused-ring (bicyclic) bond motifs is 1. The van der Waals surface area contributed by atoms with Gasteiger partial charge in [0.15, 0.2) is 5.58 Å². The molecule has 3 aromatic rings. The summed E-state index contributed by atoms with van der Waals surface area (Å²) in [5.41, 5.74) is 1.51. The van der Waals surface area contributed by atoms with Gasteiger partial charge < -0.3 is 9.73 Å². The van der Waals surface area contributed by atoms with Gasteiger partial charge in [-0.25, -0.2) is 13.2 Å². The minimum absolute atomic E-state index is 0.0315. The van der Waals surface area contributed by atoms with E-state index >= 15 is 0 Å². The summed E-state index contributed by atoms with van der Waals surface area (Å²) in [6.45, 7) is 2.11. The van der Waals surface area contributed by atoms with Crippen LogP contribution >= 0.6 is 0 Å². The number of benzene rings is 2. The summed E-state index contributed by atoms with van der Waals surface area (Å²) >= 11 is 0. The Morgan fingerprint density at radius 3 is 2.61 bits per heavy atom. The third-order valence-electron chi connectivity index (χ3n) is 6.41. The zero-order chi connectivity index (χ0) is 23.6. The van der Waals surface area contributed by atoms with Crippen molar-refractivity contribution < 1.29 is 17.6 Å². The molecule has 0 saturated heterocycles. The molecular weight excluding hydrogens is 442 g/mol. The number of rotatable bonds is 7. The number of aryl methyl sites for hydroxylation is 1. The average Bonchev–Trinajstić information content (AvgIpc) is 3.08. The SMILES string of the molecule is C[C@@H]1CCCC[C@H]1NC(=O)[C@H](Cc1ccccc1)NS(=O)(=O)c1ccc2c(c1)oc(=O)n2C. The van der Waals surface area contributed by atoms with Crippen molar-refractivity contribution in [3.8, 4) is 0 Å². The Balaban J connectivity index is 1.60. The molecule has 1 aliphatic carbocycles. The first-order valence-corrected chi connectivity index (χ1v) is 12.7. The van der Waals surface area contributed by atoms with Crippen molar-refractivity contribution in [3.05, 3.63) is 64.6 Å². The van der Waals surface area contributed by atoms with Gasteiger partial charge in [-0.3, -0.25) is 9.36 Å². The van der Waals surface area contributed by atoms with Crippen molar-refractivity contribution in [1.82, 2.24) is 14.6 Å². The minimum Gasteiger partial charge on any atom is -0.408 e. The van der Waals surface area contributed by atoms with Crippen LogP contribution in [0.2, 0.25) is 0 Å². The molecule has 8 nitrogen and oxygen atoms in total. The summed E-state index contributed by atoms with van der Waals surface area (Å²) in [5, 5.41) is 3.07. The normalized spacial score (nSPS) is 19.9. The Hall–Kier alpha value is -2.91. The molecule has 0 aliphatic heterocycles. The fraction of sp³-hybridized carbons (Fsp3) is 0.417. The van der Waals surface area contributed by atoms with Gasteiger partial charge in [0.1, 0.15) is 6.04 Å². The minimum atomic E-state index is -4.06. The molecule has 0 unspecified atom stereocenters. The maximum Gasteiger partial charge on any atom is 0.419 e. The van der Waals surface area contributed by atoms with E-state index in [9.17, 15) is 18.0 Å². The number of nitrogens with one attached hydrogen (secondary N) is 2. The molecule has 176 valence electrons. The number of amides is 1. The van der Waals surface area contributed by atoms with Crippen LogP contribution in [-0.4, -0.2) is 31.0 Å². The first kappa shape index (κ1) is 23.3. The van der Waals surface area contributed by atoms with E-state index in [0.717, 1.165) is 31.2 Å². The van der Waals surface area contributed by atoms with E-state index in [1.807, 2.05) is 30.3 Å². The van der Waals surface area contributed by atoms with Crippen LogP contribution in [0.3, 0.4) is 0 Å². The molecule has 2 aromatic carbocycles. The summed E-state index contributed by atoms with van der Waals surface area (Å²) in [5.74, 6) is -0.566. The van der Waals surface area contributed by atoms with Gasteiger partial charge in [0.25, 0.3) is 0 Å². The number of hydrogen-bond acceptors (Lipinski definition) is 5. The number of oxazole rings is 1. The van der Waals surface area contributed by atoms with Gasteiger partial charge in [-0.1, -0.05) is 50.1 Å². The third kappa shape index (κ3) is 5.20. The van der Waals surface area contributed by atoms with Gasteiger partial charge >= 0.3 is 5.76 Å². The van der Waals surface area contributed by atoms with Gasteiger partial charge in [-0.2, -0.15) is 4.72 Å². The Morgan fingerprint density at radius 1 is 1.15 bits per heavy atom. The van der Waals surface area contributed by atoms with Crippen LogP contribution in [-0.2, 0) is 28.3 Å². The molecule has 33 heavy (non-hydrogen) atoms. The monoisotopic (exact) mass is 471 g/mol. The average molecular weight is 472 g/mol. The van der Waals surface area contributed by atoms with Crippen molar-refractivity contribution in [2.75, 3.05) is 0 Å². The lowest BCUT2D eigenvalue weighted by molar-refractivity contribution is -0.124. The van der Waals surface area contributed by atoms with E-state index in [-0.39, 0.29) is 28.8 Å². The van der Waals surface area contributed by atoms with Gasteiger partial charge in [0.05, 0.1) is 10.4 Å². The standard InChI is InChI=1S/C24H29N3O5S/c1-16-8-6-7-11-19(16)25-23(28)20(14-17-9-4-3-5-10-17)26-33(30,31)18-12-13-21-22(15-18)32-24(29)27(21)2/h3-5,9-10,12-13,15-16,19-20,26H,6-8,11,14H2,1-2H3,(H,25,28)/t16-,19-,20+/m1/s1. The summed E-state index contributed by atoms with van der Waals surface area (Å²) in [4.78, 5) is 24.9. The fourth-order valence-corrected chi connectivity index (χ4v) is 5.60. The molecule has 0 bridgehead atoms. The van der Waals surface area contributed by atoms with Crippen molar-refractivity contribution in [2.24, 2.45) is 13.0 Å². The van der Waals surface area contributed by atoms with E-state index in [1.54, 1.807) is 7.05 Å². The largest absolute Gasteiger partial charge is 0.419 e. The predicted molar refractivity (Wildman–Crippen MR) is 125 cm³/mol. The highest BCUT2D eigenvalue weighted by atomic mass is 32.2. The Labute approximate surface area is 193 Å². The molecule has 9 heteroatoms. The van der Waals surface area contributed by atoms with Crippen LogP contribution < -0.4 is 15.8 Å². The van der Waals surface area contributed by atoms with E-state index in [4.69, 9.17) is 4.42 Å². The van der Waals surface area contributed by atoms with Crippen LogP contribution in [0.4, 0.5) is 0 Å². The van der Waals surface area contributed by atoms with Crippen LogP contribution in [0, 0.1) is 5.92 Å². The molecule has 4 rings (SSSR count). The first-order valence-electron chi connectivity index (χ1n) is 11.2. The van der Waals surface area contributed by atoms with Gasteiger partial charge in [-0.15, -0.1) is 0 Å². The molecule has 1 heterocycles. The topological polar surface area (TPSA) is 110 Å². The first-order chi connectivity index (χ1) is 15.7. The van der Waals surface area contributed by atoms with Crippen LogP contribution in [0.15, 0.2) is 62.6 Å². The maximum absolute atomic E-state index is 13.2. The molecular formula is C24H29N3O5S. The molecule has 0 radical (unpaired) electrons.